The van der Waals surface area contributed by atoms with Gasteiger partial charge in [-0.2, -0.15) is 0 Å². The molecule has 0 bridgehead atoms. The first-order chi connectivity index (χ1) is 6.65. The summed E-state index contributed by atoms with van der Waals surface area (Å²) in [6, 6.07) is 0.844. The number of nitrogens with one attached hydrogen (secondary N) is 1. The van der Waals surface area contributed by atoms with E-state index >= 15 is 0 Å². The molecule has 84 valence electrons. The fraction of sp³-hybridized carbons (Fsp3) is 1.00. The monoisotopic (exact) mass is 198 g/mol. The summed E-state index contributed by atoms with van der Waals surface area (Å²) in [5.41, 5.74) is 0. The van der Waals surface area contributed by atoms with Crippen molar-refractivity contribution < 1.29 is 0 Å². The maximum atomic E-state index is 3.46. The van der Waals surface area contributed by atoms with Crippen molar-refractivity contribution in [1.29, 1.82) is 0 Å². The third-order valence-electron chi connectivity index (χ3n) is 3.25. The lowest BCUT2D eigenvalue weighted by Gasteiger charge is -2.43. The van der Waals surface area contributed by atoms with E-state index in [1.807, 2.05) is 0 Å². The summed E-state index contributed by atoms with van der Waals surface area (Å²) in [5.74, 6) is 1.69. The molecule has 1 saturated carbocycles. The Bertz CT molecular complexity index is 156. The summed E-state index contributed by atoms with van der Waals surface area (Å²) in [6.07, 6.45) is 2.82. The van der Waals surface area contributed by atoms with E-state index < -0.39 is 0 Å². The van der Waals surface area contributed by atoms with Gasteiger partial charge in [0.1, 0.15) is 0 Å². The molecule has 1 rings (SSSR count). The molecular weight excluding hydrogens is 172 g/mol. The Hall–Kier alpha value is -0.0800. The second kappa shape index (κ2) is 5.72. The first-order valence-corrected chi connectivity index (χ1v) is 6.06. The van der Waals surface area contributed by atoms with E-state index in [9.17, 15) is 0 Å². The zero-order valence-corrected chi connectivity index (χ0v) is 10.2. The largest absolute Gasteiger partial charge is 0.317 e. The normalized spacial score (nSPS) is 27.0. The Kier molecular flexibility index (Phi) is 4.90. The Labute approximate surface area is 89.1 Å². The molecular formula is C12H26N2. The van der Waals surface area contributed by atoms with Gasteiger partial charge in [-0.05, 0) is 44.8 Å². The highest BCUT2D eigenvalue weighted by molar-refractivity contribution is 4.88. The van der Waals surface area contributed by atoms with Gasteiger partial charge in [0.2, 0.25) is 0 Å². The van der Waals surface area contributed by atoms with E-state index in [0.717, 1.165) is 24.4 Å². The Morgan fingerprint density at radius 1 is 1.36 bits per heavy atom. The predicted octanol–water partition coefficient (Wildman–Crippen LogP) is 1.96. The second-order valence-corrected chi connectivity index (χ2v) is 5.05. The molecule has 2 heteroatoms. The van der Waals surface area contributed by atoms with E-state index in [0.29, 0.717) is 0 Å². The molecule has 0 radical (unpaired) electrons. The lowest BCUT2D eigenvalue weighted by atomic mass is 9.78. The smallest absolute Gasteiger partial charge is 0.0133 e. The van der Waals surface area contributed by atoms with Crippen molar-refractivity contribution in [2.45, 2.75) is 39.7 Å². The molecule has 0 aromatic rings. The van der Waals surface area contributed by atoms with Crippen LogP contribution < -0.4 is 5.32 Å². The minimum Gasteiger partial charge on any atom is -0.317 e. The molecule has 0 aromatic carbocycles. The van der Waals surface area contributed by atoms with Crippen LogP contribution in [0.3, 0.4) is 0 Å². The van der Waals surface area contributed by atoms with Gasteiger partial charge in [0.05, 0.1) is 0 Å². The molecule has 0 saturated heterocycles. The summed E-state index contributed by atoms with van der Waals surface area (Å²) in [4.78, 5) is 2.55. The van der Waals surface area contributed by atoms with Crippen LogP contribution in [0.4, 0.5) is 0 Å². The lowest BCUT2D eigenvalue weighted by Crippen LogP contribution is -2.49. The van der Waals surface area contributed by atoms with Gasteiger partial charge in [0.15, 0.2) is 0 Å². The molecule has 1 fully saturated rings. The van der Waals surface area contributed by atoms with Crippen molar-refractivity contribution in [3.63, 3.8) is 0 Å². The minimum absolute atomic E-state index is 0.792. The zero-order valence-electron chi connectivity index (χ0n) is 10.2. The van der Waals surface area contributed by atoms with Crippen LogP contribution in [0.5, 0.6) is 0 Å². The summed E-state index contributed by atoms with van der Waals surface area (Å²) in [5, 5.41) is 3.46. The van der Waals surface area contributed by atoms with Gasteiger partial charge in [-0.1, -0.05) is 20.8 Å². The standard InChI is InChI=1S/C12H26N2/c1-5-13-8-11-6-7-12(11)14(4)9-10(2)3/h10-13H,5-9H2,1-4H3. The van der Waals surface area contributed by atoms with Crippen LogP contribution in [0.15, 0.2) is 0 Å². The highest BCUT2D eigenvalue weighted by Crippen LogP contribution is 2.31. The Balaban J connectivity index is 2.23. The van der Waals surface area contributed by atoms with Crippen LogP contribution in [-0.2, 0) is 0 Å². The Morgan fingerprint density at radius 3 is 2.50 bits per heavy atom. The second-order valence-electron chi connectivity index (χ2n) is 5.05. The van der Waals surface area contributed by atoms with Crippen molar-refractivity contribution in [2.75, 3.05) is 26.7 Å². The van der Waals surface area contributed by atoms with Gasteiger partial charge in [0, 0.05) is 12.6 Å². The molecule has 1 aliphatic carbocycles. The number of nitrogens with zero attached hydrogens (tertiary/aromatic N) is 1. The molecule has 1 aliphatic rings. The number of hydrogen-bond donors (Lipinski definition) is 1. The van der Waals surface area contributed by atoms with Crippen LogP contribution in [-0.4, -0.2) is 37.6 Å². The van der Waals surface area contributed by atoms with Gasteiger partial charge in [-0.25, -0.2) is 0 Å². The highest BCUT2D eigenvalue weighted by Gasteiger charge is 2.33. The summed E-state index contributed by atoms with van der Waals surface area (Å²) in [7, 11) is 2.28. The molecule has 1 N–H and O–H groups in total. The molecule has 2 atom stereocenters. The summed E-state index contributed by atoms with van der Waals surface area (Å²) < 4.78 is 0. The van der Waals surface area contributed by atoms with Gasteiger partial charge in [-0.15, -0.1) is 0 Å². The van der Waals surface area contributed by atoms with Gasteiger partial charge >= 0.3 is 0 Å². The van der Waals surface area contributed by atoms with Crippen molar-refractivity contribution in [3.05, 3.63) is 0 Å². The molecule has 0 amide bonds. The van der Waals surface area contributed by atoms with Crippen LogP contribution in [0.1, 0.15) is 33.6 Å². The van der Waals surface area contributed by atoms with Crippen LogP contribution >= 0.6 is 0 Å². The van der Waals surface area contributed by atoms with Crippen LogP contribution in [0.25, 0.3) is 0 Å². The van der Waals surface area contributed by atoms with Crippen molar-refractivity contribution in [1.82, 2.24) is 10.2 Å². The first kappa shape index (κ1) is 12.0. The average Bonchev–Trinajstić information content (AvgIpc) is 2.01. The van der Waals surface area contributed by atoms with Gasteiger partial charge in [-0.3, -0.25) is 0 Å². The van der Waals surface area contributed by atoms with E-state index in [2.05, 4.69) is 38.0 Å². The fourth-order valence-electron chi connectivity index (χ4n) is 2.41. The number of rotatable bonds is 6. The van der Waals surface area contributed by atoms with Crippen molar-refractivity contribution >= 4 is 0 Å². The summed E-state index contributed by atoms with van der Waals surface area (Å²) in [6.45, 7) is 10.3. The number of hydrogen-bond acceptors (Lipinski definition) is 2. The molecule has 0 spiro atoms. The predicted molar refractivity (Wildman–Crippen MR) is 62.5 cm³/mol. The Morgan fingerprint density at radius 2 is 2.07 bits per heavy atom. The van der Waals surface area contributed by atoms with E-state index in [-0.39, 0.29) is 0 Å². The van der Waals surface area contributed by atoms with E-state index in [4.69, 9.17) is 0 Å². The first-order valence-electron chi connectivity index (χ1n) is 6.06. The van der Waals surface area contributed by atoms with Crippen molar-refractivity contribution in [2.24, 2.45) is 11.8 Å². The van der Waals surface area contributed by atoms with Crippen LogP contribution in [0.2, 0.25) is 0 Å². The molecule has 0 aromatic heterocycles. The topological polar surface area (TPSA) is 15.3 Å². The molecule has 14 heavy (non-hydrogen) atoms. The fourth-order valence-corrected chi connectivity index (χ4v) is 2.41. The van der Waals surface area contributed by atoms with Gasteiger partial charge in [0.25, 0.3) is 0 Å². The SMILES string of the molecule is CCNCC1CCC1N(C)CC(C)C. The zero-order chi connectivity index (χ0) is 10.6. The maximum absolute atomic E-state index is 3.46. The third-order valence-corrected chi connectivity index (χ3v) is 3.25. The lowest BCUT2D eigenvalue weighted by molar-refractivity contribution is 0.0751. The third kappa shape index (κ3) is 3.25. The highest BCUT2D eigenvalue weighted by atomic mass is 15.1. The van der Waals surface area contributed by atoms with E-state index in [1.165, 1.54) is 25.9 Å². The summed E-state index contributed by atoms with van der Waals surface area (Å²) >= 11 is 0. The quantitative estimate of drug-likeness (QED) is 0.702. The van der Waals surface area contributed by atoms with Crippen LogP contribution in [0, 0.1) is 11.8 Å². The minimum atomic E-state index is 0.792. The average molecular weight is 198 g/mol. The molecule has 0 aliphatic heterocycles. The van der Waals surface area contributed by atoms with Gasteiger partial charge < -0.3 is 10.2 Å². The molecule has 2 nitrogen and oxygen atoms in total. The van der Waals surface area contributed by atoms with Crippen molar-refractivity contribution in [3.8, 4) is 0 Å². The molecule has 2 unspecified atom stereocenters. The molecule has 0 heterocycles. The maximum Gasteiger partial charge on any atom is 0.0133 e. The van der Waals surface area contributed by atoms with E-state index in [1.54, 1.807) is 0 Å².